The minimum atomic E-state index is -0.902. The molecule has 0 aliphatic carbocycles. The molecule has 0 fully saturated rings. The molecule has 0 saturated heterocycles. The summed E-state index contributed by atoms with van der Waals surface area (Å²) in [4.78, 5) is 15.5. The van der Waals surface area contributed by atoms with Gasteiger partial charge in [-0.25, -0.2) is 9.78 Å². The van der Waals surface area contributed by atoms with Gasteiger partial charge in [0.15, 0.2) is 0 Å². The van der Waals surface area contributed by atoms with Crippen LogP contribution in [0.5, 0.6) is 0 Å². The van der Waals surface area contributed by atoms with E-state index in [-0.39, 0.29) is 0 Å². The summed E-state index contributed by atoms with van der Waals surface area (Å²) in [6.45, 7) is 3.21. The molecular weight excluding hydrogens is 240 g/mol. The van der Waals surface area contributed by atoms with Crippen LogP contribution in [0.25, 0.3) is 11.4 Å². The van der Waals surface area contributed by atoms with Crippen molar-refractivity contribution in [2.45, 2.75) is 26.3 Å². The molecule has 19 heavy (non-hydrogen) atoms. The third-order valence-electron chi connectivity index (χ3n) is 3.71. The van der Waals surface area contributed by atoms with Gasteiger partial charge >= 0.3 is 5.97 Å². The van der Waals surface area contributed by atoms with Crippen molar-refractivity contribution in [3.05, 3.63) is 41.7 Å². The molecule has 2 heterocycles. The first-order valence-electron chi connectivity index (χ1n) is 6.53. The zero-order valence-electron chi connectivity index (χ0n) is 10.8. The maximum atomic E-state index is 11.0. The molecule has 4 nitrogen and oxygen atoms in total. The monoisotopic (exact) mass is 256 g/mol. The topological polar surface area (TPSA) is 55.1 Å². The molecule has 1 atom stereocenters. The van der Waals surface area contributed by atoms with Crippen LogP contribution in [-0.2, 0) is 13.0 Å². The summed E-state index contributed by atoms with van der Waals surface area (Å²) in [6, 6.07) is 6.98. The van der Waals surface area contributed by atoms with Crippen LogP contribution in [0.4, 0.5) is 0 Å². The zero-order chi connectivity index (χ0) is 13.4. The molecule has 2 aromatic rings. The SMILES string of the molecule is CC1CCn2c(cnc2-c2cccc(C(=O)O)c2)C1. The average Bonchev–Trinajstić information content (AvgIpc) is 2.81. The highest BCUT2D eigenvalue weighted by atomic mass is 16.4. The van der Waals surface area contributed by atoms with Crippen molar-refractivity contribution in [1.82, 2.24) is 9.55 Å². The number of aromatic carboxylic acids is 1. The summed E-state index contributed by atoms with van der Waals surface area (Å²) in [7, 11) is 0. The molecule has 4 heteroatoms. The number of rotatable bonds is 2. The number of carboxylic acids is 1. The fourth-order valence-corrected chi connectivity index (χ4v) is 2.65. The third-order valence-corrected chi connectivity index (χ3v) is 3.71. The number of hydrogen-bond donors (Lipinski definition) is 1. The highest BCUT2D eigenvalue weighted by molar-refractivity contribution is 5.89. The Balaban J connectivity index is 2.03. The lowest BCUT2D eigenvalue weighted by Crippen LogP contribution is -2.17. The first kappa shape index (κ1) is 12.0. The lowest BCUT2D eigenvalue weighted by Gasteiger charge is -2.21. The number of fused-ring (bicyclic) bond motifs is 1. The van der Waals surface area contributed by atoms with Gasteiger partial charge in [-0.15, -0.1) is 0 Å². The molecule has 1 aliphatic rings. The molecule has 0 saturated carbocycles. The van der Waals surface area contributed by atoms with E-state index in [0.717, 1.165) is 30.8 Å². The average molecular weight is 256 g/mol. The van der Waals surface area contributed by atoms with Crippen LogP contribution < -0.4 is 0 Å². The van der Waals surface area contributed by atoms with Crippen LogP contribution in [0.15, 0.2) is 30.5 Å². The molecule has 1 aromatic carbocycles. The van der Waals surface area contributed by atoms with Crippen molar-refractivity contribution in [3.63, 3.8) is 0 Å². The second-order valence-electron chi connectivity index (χ2n) is 5.21. The van der Waals surface area contributed by atoms with Gasteiger partial charge in [0.1, 0.15) is 5.82 Å². The standard InChI is InChI=1S/C15H16N2O2/c1-10-5-6-17-13(7-10)9-16-14(17)11-3-2-4-12(8-11)15(18)19/h2-4,8-10H,5-7H2,1H3,(H,18,19). The summed E-state index contributed by atoms with van der Waals surface area (Å²) >= 11 is 0. The van der Waals surface area contributed by atoms with Gasteiger partial charge < -0.3 is 9.67 Å². The Morgan fingerprint density at radius 1 is 1.47 bits per heavy atom. The maximum absolute atomic E-state index is 11.0. The predicted molar refractivity (Wildman–Crippen MR) is 72.1 cm³/mol. The van der Waals surface area contributed by atoms with Gasteiger partial charge in [0.05, 0.1) is 5.56 Å². The molecule has 1 aliphatic heterocycles. The van der Waals surface area contributed by atoms with Crippen molar-refractivity contribution in [3.8, 4) is 11.4 Å². The first-order chi connectivity index (χ1) is 9.15. The Hall–Kier alpha value is -2.10. The minimum Gasteiger partial charge on any atom is -0.478 e. The van der Waals surface area contributed by atoms with E-state index in [2.05, 4.69) is 16.5 Å². The van der Waals surface area contributed by atoms with E-state index in [4.69, 9.17) is 5.11 Å². The van der Waals surface area contributed by atoms with Gasteiger partial charge in [-0.3, -0.25) is 0 Å². The number of benzene rings is 1. The second kappa shape index (κ2) is 4.53. The number of carbonyl (C=O) groups is 1. The smallest absolute Gasteiger partial charge is 0.335 e. The van der Waals surface area contributed by atoms with Crippen LogP contribution in [0.2, 0.25) is 0 Å². The molecule has 1 unspecified atom stereocenters. The van der Waals surface area contributed by atoms with Crippen molar-refractivity contribution in [1.29, 1.82) is 0 Å². The Bertz CT molecular complexity index is 631. The third kappa shape index (κ3) is 2.14. The number of aromatic nitrogens is 2. The van der Waals surface area contributed by atoms with Gasteiger partial charge in [-0.05, 0) is 30.9 Å². The van der Waals surface area contributed by atoms with E-state index >= 15 is 0 Å². The van der Waals surface area contributed by atoms with Gasteiger partial charge in [-0.1, -0.05) is 19.1 Å². The Morgan fingerprint density at radius 3 is 3.11 bits per heavy atom. The number of carboxylic acid groups (broad SMARTS) is 1. The molecule has 1 aromatic heterocycles. The van der Waals surface area contributed by atoms with E-state index in [1.165, 1.54) is 5.69 Å². The Labute approximate surface area is 111 Å². The largest absolute Gasteiger partial charge is 0.478 e. The normalized spacial score (nSPS) is 18.1. The van der Waals surface area contributed by atoms with Crippen LogP contribution in [0, 0.1) is 5.92 Å². The summed E-state index contributed by atoms with van der Waals surface area (Å²) in [5.41, 5.74) is 2.43. The molecular formula is C15H16N2O2. The number of nitrogens with zero attached hydrogens (tertiary/aromatic N) is 2. The van der Waals surface area contributed by atoms with Crippen molar-refractivity contribution < 1.29 is 9.90 Å². The summed E-state index contributed by atoms with van der Waals surface area (Å²) in [6.07, 6.45) is 4.11. The minimum absolute atomic E-state index is 0.305. The van der Waals surface area contributed by atoms with Gasteiger partial charge in [0, 0.05) is 24.0 Å². The van der Waals surface area contributed by atoms with Crippen LogP contribution in [0.3, 0.4) is 0 Å². The fraction of sp³-hybridized carbons (Fsp3) is 0.333. The van der Waals surface area contributed by atoms with Crippen LogP contribution in [-0.4, -0.2) is 20.6 Å². The molecule has 0 spiro atoms. The van der Waals surface area contributed by atoms with Gasteiger partial charge in [-0.2, -0.15) is 0 Å². The lowest BCUT2D eigenvalue weighted by molar-refractivity contribution is 0.0697. The highest BCUT2D eigenvalue weighted by Crippen LogP contribution is 2.27. The number of imidazole rings is 1. The molecule has 0 amide bonds. The van der Waals surface area contributed by atoms with Crippen molar-refractivity contribution >= 4 is 5.97 Å². The van der Waals surface area contributed by atoms with Gasteiger partial charge in [0.25, 0.3) is 0 Å². The summed E-state index contributed by atoms with van der Waals surface area (Å²) in [5, 5.41) is 9.05. The maximum Gasteiger partial charge on any atom is 0.335 e. The first-order valence-corrected chi connectivity index (χ1v) is 6.53. The Kier molecular flexibility index (Phi) is 2.85. The highest BCUT2D eigenvalue weighted by Gasteiger charge is 2.19. The second-order valence-corrected chi connectivity index (χ2v) is 5.21. The van der Waals surface area contributed by atoms with E-state index in [1.807, 2.05) is 12.3 Å². The molecule has 0 bridgehead atoms. The zero-order valence-corrected chi connectivity index (χ0v) is 10.8. The molecule has 3 rings (SSSR count). The van der Waals surface area contributed by atoms with Crippen LogP contribution >= 0.6 is 0 Å². The molecule has 0 radical (unpaired) electrons. The Morgan fingerprint density at radius 2 is 2.32 bits per heavy atom. The number of hydrogen-bond acceptors (Lipinski definition) is 2. The summed E-state index contributed by atoms with van der Waals surface area (Å²) < 4.78 is 2.21. The van der Waals surface area contributed by atoms with E-state index in [1.54, 1.807) is 18.2 Å². The summed E-state index contributed by atoms with van der Waals surface area (Å²) in [5.74, 6) is 0.674. The molecule has 1 N–H and O–H groups in total. The van der Waals surface area contributed by atoms with Gasteiger partial charge in [0.2, 0.25) is 0 Å². The van der Waals surface area contributed by atoms with E-state index in [0.29, 0.717) is 11.5 Å². The van der Waals surface area contributed by atoms with Crippen LogP contribution in [0.1, 0.15) is 29.4 Å². The predicted octanol–water partition coefficient (Wildman–Crippen LogP) is 2.83. The van der Waals surface area contributed by atoms with E-state index in [9.17, 15) is 4.79 Å². The van der Waals surface area contributed by atoms with Crippen molar-refractivity contribution in [2.75, 3.05) is 0 Å². The fourth-order valence-electron chi connectivity index (χ4n) is 2.65. The quantitative estimate of drug-likeness (QED) is 0.898. The lowest BCUT2D eigenvalue weighted by atomic mass is 9.98. The van der Waals surface area contributed by atoms with Crippen molar-refractivity contribution in [2.24, 2.45) is 5.92 Å². The molecule has 98 valence electrons. The van der Waals surface area contributed by atoms with E-state index < -0.39 is 5.97 Å².